The average Bonchev–Trinajstić information content (AvgIpc) is 2.63. The Labute approximate surface area is 168 Å². The zero-order valence-corrected chi connectivity index (χ0v) is 17.8. The molecule has 0 spiro atoms. The summed E-state index contributed by atoms with van der Waals surface area (Å²) in [5.74, 6) is 2.22. The Morgan fingerprint density at radius 1 is 1.11 bits per heavy atom. The van der Waals surface area contributed by atoms with Crippen molar-refractivity contribution in [1.82, 2.24) is 9.21 Å². The number of hydrogen-bond donors (Lipinski definition) is 0. The van der Waals surface area contributed by atoms with Crippen LogP contribution in [0, 0.1) is 5.92 Å². The summed E-state index contributed by atoms with van der Waals surface area (Å²) in [4.78, 5) is 2.53. The quantitative estimate of drug-likeness (QED) is 0.757. The second-order valence-electron chi connectivity index (χ2n) is 7.70. The molecule has 3 aliphatic rings. The van der Waals surface area contributed by atoms with Crippen LogP contribution in [0.2, 0.25) is 0 Å². The largest absolute Gasteiger partial charge is 0.496 e. The molecule has 2 fully saturated rings. The third-order valence-corrected chi connectivity index (χ3v) is 7.67. The molecule has 6 nitrogen and oxygen atoms in total. The van der Waals surface area contributed by atoms with Crippen molar-refractivity contribution in [2.75, 3.05) is 40.1 Å². The molecule has 0 bridgehead atoms. The van der Waals surface area contributed by atoms with Gasteiger partial charge in [-0.2, -0.15) is 4.31 Å². The highest BCUT2D eigenvalue weighted by Crippen LogP contribution is 2.48. The van der Waals surface area contributed by atoms with Gasteiger partial charge in [-0.15, -0.1) is 12.4 Å². The van der Waals surface area contributed by atoms with E-state index in [9.17, 15) is 8.42 Å². The van der Waals surface area contributed by atoms with Gasteiger partial charge >= 0.3 is 0 Å². The first-order chi connectivity index (χ1) is 12.4. The monoisotopic (exact) mass is 416 g/mol. The van der Waals surface area contributed by atoms with Gasteiger partial charge in [-0.1, -0.05) is 0 Å². The normalized spacial score (nSPS) is 28.3. The first-order valence-corrected chi connectivity index (χ1v) is 11.2. The predicted octanol–water partition coefficient (Wildman–Crippen LogP) is 2.47. The Balaban J connectivity index is 0.00000210. The van der Waals surface area contributed by atoms with E-state index in [0.717, 1.165) is 50.3 Å². The summed E-state index contributed by atoms with van der Waals surface area (Å²) in [6, 6.07) is 4.22. The first kappa shape index (κ1) is 20.7. The predicted molar refractivity (Wildman–Crippen MR) is 107 cm³/mol. The molecule has 0 saturated carbocycles. The van der Waals surface area contributed by atoms with Crippen LogP contribution in [0.1, 0.15) is 36.4 Å². The molecule has 3 atom stereocenters. The van der Waals surface area contributed by atoms with E-state index in [2.05, 4.69) is 4.90 Å². The zero-order valence-electron chi connectivity index (χ0n) is 16.2. The number of sulfonamides is 1. The van der Waals surface area contributed by atoms with Gasteiger partial charge in [0.1, 0.15) is 11.5 Å². The summed E-state index contributed by atoms with van der Waals surface area (Å²) >= 11 is 0. The van der Waals surface area contributed by atoms with E-state index < -0.39 is 10.0 Å². The van der Waals surface area contributed by atoms with E-state index in [1.807, 2.05) is 12.1 Å². The van der Waals surface area contributed by atoms with E-state index in [1.165, 1.54) is 17.4 Å². The number of nitrogens with zero attached hydrogens (tertiary/aromatic N) is 2. The van der Waals surface area contributed by atoms with Crippen LogP contribution in [-0.4, -0.2) is 63.8 Å². The lowest BCUT2D eigenvalue weighted by molar-refractivity contribution is 0.0210. The molecule has 152 valence electrons. The van der Waals surface area contributed by atoms with Crippen LogP contribution in [0.5, 0.6) is 11.5 Å². The van der Waals surface area contributed by atoms with Crippen molar-refractivity contribution in [1.29, 1.82) is 0 Å². The number of benzene rings is 1. The molecule has 0 N–H and O–H groups in total. The second-order valence-corrected chi connectivity index (χ2v) is 9.64. The molecule has 4 rings (SSSR count). The van der Waals surface area contributed by atoms with Gasteiger partial charge in [-0.05, 0) is 43.7 Å². The summed E-state index contributed by atoms with van der Waals surface area (Å²) in [6.45, 7) is 2.60. The number of fused-ring (bicyclic) bond motifs is 4. The highest BCUT2D eigenvalue weighted by Gasteiger charge is 2.46. The van der Waals surface area contributed by atoms with Gasteiger partial charge in [0.2, 0.25) is 10.0 Å². The molecule has 0 unspecified atom stereocenters. The minimum absolute atomic E-state index is 0. The van der Waals surface area contributed by atoms with Gasteiger partial charge in [-0.3, -0.25) is 4.90 Å². The maximum atomic E-state index is 12.3. The molecule has 3 heterocycles. The maximum Gasteiger partial charge on any atom is 0.211 e. The van der Waals surface area contributed by atoms with E-state index in [0.29, 0.717) is 12.5 Å². The summed E-state index contributed by atoms with van der Waals surface area (Å²) in [5.41, 5.74) is 2.41. The van der Waals surface area contributed by atoms with Gasteiger partial charge in [0.15, 0.2) is 0 Å². The molecule has 0 aromatic heterocycles. The van der Waals surface area contributed by atoms with Crippen molar-refractivity contribution >= 4 is 22.4 Å². The Kier molecular flexibility index (Phi) is 5.96. The third kappa shape index (κ3) is 3.55. The minimum Gasteiger partial charge on any atom is -0.496 e. The summed E-state index contributed by atoms with van der Waals surface area (Å²) in [7, 11) is 0.230. The van der Waals surface area contributed by atoms with Crippen molar-refractivity contribution in [2.24, 2.45) is 5.92 Å². The molecule has 1 aromatic rings. The summed E-state index contributed by atoms with van der Waals surface area (Å²) in [5, 5.41) is 0. The number of halogens is 1. The molecule has 0 amide bonds. The highest BCUT2D eigenvalue weighted by molar-refractivity contribution is 7.88. The SMILES string of the molecule is COc1ccc(OC)c2c1CCN1C[C@H]3CCCN(S(C)(=O)=O)[C@H]3C[C@@H]21.Cl. The number of hydrogen-bond acceptors (Lipinski definition) is 5. The van der Waals surface area contributed by atoms with E-state index in [1.54, 1.807) is 18.5 Å². The molecule has 1 aromatic carbocycles. The first-order valence-electron chi connectivity index (χ1n) is 9.38. The Morgan fingerprint density at radius 3 is 2.48 bits per heavy atom. The van der Waals surface area contributed by atoms with Crippen LogP contribution < -0.4 is 9.47 Å². The molecule has 8 heteroatoms. The fourth-order valence-electron chi connectivity index (χ4n) is 5.26. The molecule has 0 aliphatic carbocycles. The minimum atomic E-state index is -3.18. The van der Waals surface area contributed by atoms with Crippen LogP contribution in [0.4, 0.5) is 0 Å². The van der Waals surface area contributed by atoms with E-state index >= 15 is 0 Å². The molecular formula is C19H29ClN2O4S. The van der Waals surface area contributed by atoms with Crippen molar-refractivity contribution in [2.45, 2.75) is 37.8 Å². The topological polar surface area (TPSA) is 59.1 Å². The number of piperidine rings is 2. The fraction of sp³-hybridized carbons (Fsp3) is 0.684. The van der Waals surface area contributed by atoms with Gasteiger partial charge in [0, 0.05) is 42.8 Å². The van der Waals surface area contributed by atoms with Crippen LogP contribution in [-0.2, 0) is 16.4 Å². The van der Waals surface area contributed by atoms with Gasteiger partial charge in [-0.25, -0.2) is 8.42 Å². The van der Waals surface area contributed by atoms with Gasteiger partial charge in [0.25, 0.3) is 0 Å². The Morgan fingerprint density at radius 2 is 1.81 bits per heavy atom. The fourth-order valence-corrected chi connectivity index (χ4v) is 6.47. The van der Waals surface area contributed by atoms with Crippen molar-refractivity contribution in [3.63, 3.8) is 0 Å². The molecule has 0 radical (unpaired) electrons. The lowest BCUT2D eigenvalue weighted by atomic mass is 9.77. The second kappa shape index (κ2) is 7.78. The van der Waals surface area contributed by atoms with Gasteiger partial charge < -0.3 is 9.47 Å². The molecule has 3 aliphatic heterocycles. The van der Waals surface area contributed by atoms with Crippen LogP contribution >= 0.6 is 12.4 Å². The Hall–Kier alpha value is -1.02. The van der Waals surface area contributed by atoms with Crippen molar-refractivity contribution < 1.29 is 17.9 Å². The number of methoxy groups -OCH3 is 2. The van der Waals surface area contributed by atoms with Crippen LogP contribution in [0.15, 0.2) is 12.1 Å². The molecular weight excluding hydrogens is 388 g/mol. The van der Waals surface area contributed by atoms with Crippen molar-refractivity contribution in [3.8, 4) is 11.5 Å². The maximum absolute atomic E-state index is 12.3. The van der Waals surface area contributed by atoms with Crippen molar-refractivity contribution in [3.05, 3.63) is 23.3 Å². The van der Waals surface area contributed by atoms with Crippen LogP contribution in [0.25, 0.3) is 0 Å². The number of rotatable bonds is 3. The van der Waals surface area contributed by atoms with E-state index in [-0.39, 0.29) is 24.5 Å². The van der Waals surface area contributed by atoms with E-state index in [4.69, 9.17) is 9.47 Å². The zero-order chi connectivity index (χ0) is 18.5. The highest BCUT2D eigenvalue weighted by atomic mass is 35.5. The lowest BCUT2D eigenvalue weighted by Crippen LogP contribution is -2.57. The number of ether oxygens (including phenoxy) is 2. The smallest absolute Gasteiger partial charge is 0.211 e. The molecule has 2 saturated heterocycles. The molecule has 27 heavy (non-hydrogen) atoms. The van der Waals surface area contributed by atoms with Gasteiger partial charge in [0.05, 0.1) is 20.5 Å². The summed E-state index contributed by atoms with van der Waals surface area (Å²) in [6.07, 6.45) is 5.19. The standard InChI is InChI=1S/C19H28N2O4S.ClH/c1-24-17-6-7-18(25-2)19-14(17)8-10-20-12-13-5-4-9-21(26(3,22)23)15(13)11-16(19)20;/h6-7,13,15-16H,4-5,8-12H2,1-3H3;1H/t13-,15+,16+;/m1./s1. The Bertz CT molecular complexity index is 801. The van der Waals surface area contributed by atoms with Crippen LogP contribution in [0.3, 0.4) is 0 Å². The average molecular weight is 417 g/mol. The lowest BCUT2D eigenvalue weighted by Gasteiger charge is -2.51. The third-order valence-electron chi connectivity index (χ3n) is 6.36. The summed E-state index contributed by atoms with van der Waals surface area (Å²) < 4.78 is 37.7.